The SMILES string of the molecule is CC(C)Oc1cccc(C(=O)NNC(=O)c2ccncc2)c1. The first-order chi connectivity index (χ1) is 10.6. The highest BCUT2D eigenvalue weighted by Gasteiger charge is 2.10. The summed E-state index contributed by atoms with van der Waals surface area (Å²) in [6.07, 6.45) is 3.03. The van der Waals surface area contributed by atoms with Crippen LogP contribution in [0.2, 0.25) is 0 Å². The van der Waals surface area contributed by atoms with E-state index in [1.807, 2.05) is 13.8 Å². The Labute approximate surface area is 128 Å². The topological polar surface area (TPSA) is 80.3 Å². The van der Waals surface area contributed by atoms with E-state index < -0.39 is 11.8 Å². The molecule has 6 heteroatoms. The Hall–Kier alpha value is -2.89. The van der Waals surface area contributed by atoms with Gasteiger partial charge in [-0.25, -0.2) is 0 Å². The van der Waals surface area contributed by atoms with Crippen LogP contribution in [-0.4, -0.2) is 22.9 Å². The highest BCUT2D eigenvalue weighted by Crippen LogP contribution is 2.14. The van der Waals surface area contributed by atoms with Gasteiger partial charge in [0.2, 0.25) is 0 Å². The lowest BCUT2D eigenvalue weighted by Gasteiger charge is -2.11. The number of hydrogen-bond donors (Lipinski definition) is 2. The average Bonchev–Trinajstić information content (AvgIpc) is 2.52. The number of benzene rings is 1. The number of hydrogen-bond acceptors (Lipinski definition) is 4. The minimum Gasteiger partial charge on any atom is -0.491 e. The summed E-state index contributed by atoms with van der Waals surface area (Å²) in [5, 5.41) is 0. The molecule has 2 N–H and O–H groups in total. The van der Waals surface area contributed by atoms with Gasteiger partial charge in [0.25, 0.3) is 11.8 Å². The molecule has 0 radical (unpaired) electrons. The van der Waals surface area contributed by atoms with Crippen LogP contribution in [-0.2, 0) is 0 Å². The molecule has 0 saturated carbocycles. The quantitative estimate of drug-likeness (QED) is 0.846. The highest BCUT2D eigenvalue weighted by atomic mass is 16.5. The summed E-state index contributed by atoms with van der Waals surface area (Å²) in [6.45, 7) is 3.81. The molecule has 2 aromatic rings. The lowest BCUT2D eigenvalue weighted by atomic mass is 10.2. The van der Waals surface area contributed by atoms with Crippen LogP contribution in [0.4, 0.5) is 0 Å². The van der Waals surface area contributed by atoms with Gasteiger partial charge in [0, 0.05) is 23.5 Å². The van der Waals surface area contributed by atoms with Crippen molar-refractivity contribution in [2.45, 2.75) is 20.0 Å². The molecule has 0 bridgehead atoms. The molecule has 0 fully saturated rings. The van der Waals surface area contributed by atoms with Crippen LogP contribution < -0.4 is 15.6 Å². The van der Waals surface area contributed by atoms with Crippen LogP contribution >= 0.6 is 0 Å². The van der Waals surface area contributed by atoms with Crippen LogP contribution in [0.25, 0.3) is 0 Å². The van der Waals surface area contributed by atoms with Crippen LogP contribution in [0.15, 0.2) is 48.8 Å². The summed E-state index contributed by atoms with van der Waals surface area (Å²) in [6, 6.07) is 9.86. The van der Waals surface area contributed by atoms with Gasteiger partial charge < -0.3 is 4.74 Å². The summed E-state index contributed by atoms with van der Waals surface area (Å²) < 4.78 is 5.53. The van der Waals surface area contributed by atoms with Crippen LogP contribution in [0.5, 0.6) is 5.75 Å². The van der Waals surface area contributed by atoms with Crippen molar-refractivity contribution in [1.82, 2.24) is 15.8 Å². The minimum atomic E-state index is -0.420. The number of amides is 2. The molecule has 22 heavy (non-hydrogen) atoms. The molecule has 6 nitrogen and oxygen atoms in total. The van der Waals surface area contributed by atoms with Crippen molar-refractivity contribution < 1.29 is 14.3 Å². The Bertz CT molecular complexity index is 657. The molecular formula is C16H17N3O3. The average molecular weight is 299 g/mol. The number of carbonyl (C=O) groups is 2. The number of nitrogens with one attached hydrogen (secondary N) is 2. The van der Waals surface area contributed by atoms with Crippen LogP contribution in [0.1, 0.15) is 34.6 Å². The molecule has 0 spiro atoms. The Kier molecular flexibility index (Phi) is 5.08. The number of nitrogens with zero attached hydrogens (tertiary/aromatic N) is 1. The van der Waals surface area contributed by atoms with Crippen molar-refractivity contribution in [3.63, 3.8) is 0 Å². The molecule has 0 atom stereocenters. The van der Waals surface area contributed by atoms with E-state index in [0.29, 0.717) is 16.9 Å². The van der Waals surface area contributed by atoms with Crippen LogP contribution in [0.3, 0.4) is 0 Å². The van der Waals surface area contributed by atoms with Gasteiger partial charge in [-0.15, -0.1) is 0 Å². The monoisotopic (exact) mass is 299 g/mol. The van der Waals surface area contributed by atoms with Gasteiger partial charge in [-0.3, -0.25) is 25.4 Å². The third-order valence-electron chi connectivity index (χ3n) is 2.70. The zero-order valence-electron chi connectivity index (χ0n) is 12.4. The van der Waals surface area contributed by atoms with E-state index in [2.05, 4.69) is 15.8 Å². The fourth-order valence-corrected chi connectivity index (χ4v) is 1.74. The third kappa shape index (κ3) is 4.31. The lowest BCUT2D eigenvalue weighted by molar-refractivity contribution is 0.0846. The number of pyridine rings is 1. The second-order valence-corrected chi connectivity index (χ2v) is 4.84. The number of ether oxygens (including phenoxy) is 1. The summed E-state index contributed by atoms with van der Waals surface area (Å²) in [4.78, 5) is 27.7. The number of rotatable bonds is 4. The van der Waals surface area contributed by atoms with Crippen molar-refractivity contribution >= 4 is 11.8 Å². The van der Waals surface area contributed by atoms with E-state index in [1.165, 1.54) is 12.4 Å². The normalized spacial score (nSPS) is 10.1. The molecule has 1 aromatic heterocycles. The van der Waals surface area contributed by atoms with Gasteiger partial charge >= 0.3 is 0 Å². The molecule has 0 aliphatic heterocycles. The fourth-order valence-electron chi connectivity index (χ4n) is 1.74. The van der Waals surface area contributed by atoms with Crippen molar-refractivity contribution in [2.24, 2.45) is 0 Å². The van der Waals surface area contributed by atoms with Gasteiger partial charge in [-0.1, -0.05) is 6.07 Å². The second kappa shape index (κ2) is 7.21. The molecule has 0 unspecified atom stereocenters. The lowest BCUT2D eigenvalue weighted by Crippen LogP contribution is -2.41. The van der Waals surface area contributed by atoms with Crippen molar-refractivity contribution in [2.75, 3.05) is 0 Å². The summed E-state index contributed by atoms with van der Waals surface area (Å²) in [5.41, 5.74) is 5.52. The molecule has 114 valence electrons. The zero-order chi connectivity index (χ0) is 15.9. The van der Waals surface area contributed by atoms with Gasteiger partial charge in [0.15, 0.2) is 0 Å². The largest absolute Gasteiger partial charge is 0.491 e. The molecular weight excluding hydrogens is 282 g/mol. The minimum absolute atomic E-state index is 0.0182. The molecule has 2 rings (SSSR count). The molecule has 2 amide bonds. The second-order valence-electron chi connectivity index (χ2n) is 4.84. The first kappa shape index (κ1) is 15.5. The van der Waals surface area contributed by atoms with E-state index in [1.54, 1.807) is 36.4 Å². The van der Waals surface area contributed by atoms with Gasteiger partial charge in [-0.05, 0) is 44.2 Å². The molecule has 1 heterocycles. The highest BCUT2D eigenvalue weighted by molar-refractivity contribution is 5.99. The van der Waals surface area contributed by atoms with E-state index in [4.69, 9.17) is 4.74 Å². The first-order valence-corrected chi connectivity index (χ1v) is 6.83. The van der Waals surface area contributed by atoms with Gasteiger partial charge in [0.05, 0.1) is 6.10 Å². The molecule has 0 saturated heterocycles. The standard InChI is InChI=1S/C16H17N3O3/c1-11(2)22-14-5-3-4-13(10-14)16(21)19-18-15(20)12-6-8-17-9-7-12/h3-11H,1-2H3,(H,18,20)(H,19,21). The molecule has 0 aliphatic carbocycles. The van der Waals surface area contributed by atoms with Gasteiger partial charge in [0.1, 0.15) is 5.75 Å². The third-order valence-corrected chi connectivity index (χ3v) is 2.70. The maximum atomic E-state index is 12.0. The predicted octanol–water partition coefficient (Wildman–Crippen LogP) is 1.94. The smallest absolute Gasteiger partial charge is 0.269 e. The van der Waals surface area contributed by atoms with Crippen molar-refractivity contribution in [3.05, 3.63) is 59.9 Å². The maximum absolute atomic E-state index is 12.0. The Morgan fingerprint density at radius 2 is 1.64 bits per heavy atom. The Morgan fingerprint density at radius 1 is 1.00 bits per heavy atom. The zero-order valence-corrected chi connectivity index (χ0v) is 12.4. The maximum Gasteiger partial charge on any atom is 0.269 e. The number of aromatic nitrogens is 1. The number of hydrazine groups is 1. The van der Waals surface area contributed by atoms with Gasteiger partial charge in [-0.2, -0.15) is 0 Å². The fraction of sp³-hybridized carbons (Fsp3) is 0.188. The van der Waals surface area contributed by atoms with E-state index in [9.17, 15) is 9.59 Å². The van der Waals surface area contributed by atoms with Crippen LogP contribution in [0, 0.1) is 0 Å². The van der Waals surface area contributed by atoms with Crippen molar-refractivity contribution in [3.8, 4) is 5.75 Å². The summed E-state index contributed by atoms with van der Waals surface area (Å²) >= 11 is 0. The molecule has 1 aromatic carbocycles. The predicted molar refractivity (Wildman–Crippen MR) is 81.4 cm³/mol. The first-order valence-electron chi connectivity index (χ1n) is 6.83. The summed E-state index contributed by atoms with van der Waals surface area (Å²) in [5.74, 6) is -0.231. The Morgan fingerprint density at radius 3 is 2.27 bits per heavy atom. The Balaban J connectivity index is 1.96. The molecule has 0 aliphatic rings. The van der Waals surface area contributed by atoms with E-state index in [-0.39, 0.29) is 6.10 Å². The summed E-state index contributed by atoms with van der Waals surface area (Å²) in [7, 11) is 0. The van der Waals surface area contributed by atoms with E-state index in [0.717, 1.165) is 0 Å². The van der Waals surface area contributed by atoms with Crippen molar-refractivity contribution in [1.29, 1.82) is 0 Å². The number of carbonyl (C=O) groups excluding carboxylic acids is 2. The van der Waals surface area contributed by atoms with E-state index >= 15 is 0 Å².